The van der Waals surface area contributed by atoms with Crippen molar-refractivity contribution in [3.63, 3.8) is 0 Å². The predicted molar refractivity (Wildman–Crippen MR) is 100 cm³/mol. The van der Waals surface area contributed by atoms with Gasteiger partial charge in [0, 0.05) is 25.0 Å². The van der Waals surface area contributed by atoms with E-state index in [0.29, 0.717) is 0 Å². The molecule has 1 aromatic heterocycles. The van der Waals surface area contributed by atoms with Crippen molar-refractivity contribution in [3.8, 4) is 5.75 Å². The molecule has 0 aliphatic carbocycles. The lowest BCUT2D eigenvalue weighted by molar-refractivity contribution is 0.242. The fourth-order valence-electron chi connectivity index (χ4n) is 2.46. The maximum atomic E-state index is 5.66. The lowest BCUT2D eigenvalue weighted by atomic mass is 10.3. The summed E-state index contributed by atoms with van der Waals surface area (Å²) in [6, 6.07) is 9.80. The van der Waals surface area contributed by atoms with Crippen LogP contribution in [0.5, 0.6) is 5.75 Å². The molecule has 5 heteroatoms. The number of nitrogens with one attached hydrogen (secondary N) is 1. The predicted octanol–water partition coefficient (Wildman–Crippen LogP) is 4.63. The van der Waals surface area contributed by atoms with Gasteiger partial charge >= 0.3 is 0 Å². The molecule has 0 aliphatic rings. The lowest BCUT2D eigenvalue weighted by Gasteiger charge is -2.21. The highest BCUT2D eigenvalue weighted by atomic mass is 16.5. The van der Waals surface area contributed by atoms with Crippen LogP contribution >= 0.6 is 0 Å². The monoisotopic (exact) mass is 328 g/mol. The molecule has 0 bridgehead atoms. The van der Waals surface area contributed by atoms with Gasteiger partial charge in [-0.2, -0.15) is 4.98 Å². The Balaban J connectivity index is 2.08. The molecular weight excluding hydrogens is 300 g/mol. The Hall–Kier alpha value is -2.30. The Morgan fingerprint density at radius 2 is 1.71 bits per heavy atom. The second-order valence-electron chi connectivity index (χ2n) is 6.04. The number of anilines is 3. The van der Waals surface area contributed by atoms with Crippen LogP contribution in [0.4, 0.5) is 17.5 Å². The van der Waals surface area contributed by atoms with Crippen molar-refractivity contribution in [1.29, 1.82) is 0 Å². The van der Waals surface area contributed by atoms with Crippen molar-refractivity contribution >= 4 is 17.5 Å². The minimum atomic E-state index is 0.177. The van der Waals surface area contributed by atoms with Crippen LogP contribution in [0.1, 0.15) is 40.5 Å². The van der Waals surface area contributed by atoms with E-state index >= 15 is 0 Å². The molecule has 0 aliphatic heterocycles. The van der Waals surface area contributed by atoms with Crippen LogP contribution in [0.3, 0.4) is 0 Å². The molecule has 5 nitrogen and oxygen atoms in total. The van der Waals surface area contributed by atoms with Crippen LogP contribution in [0.25, 0.3) is 0 Å². The number of nitrogens with zero attached hydrogens (tertiary/aromatic N) is 3. The molecule has 0 saturated carbocycles. The Morgan fingerprint density at radius 3 is 2.29 bits per heavy atom. The molecule has 0 fully saturated rings. The van der Waals surface area contributed by atoms with E-state index in [9.17, 15) is 0 Å². The van der Waals surface area contributed by atoms with E-state index in [1.165, 1.54) is 0 Å². The Bertz CT molecular complexity index is 607. The van der Waals surface area contributed by atoms with Gasteiger partial charge in [-0.15, -0.1) is 0 Å². The first-order valence-corrected chi connectivity index (χ1v) is 8.74. The third-order valence-corrected chi connectivity index (χ3v) is 3.41. The van der Waals surface area contributed by atoms with Crippen molar-refractivity contribution in [2.45, 2.75) is 46.6 Å². The fourth-order valence-corrected chi connectivity index (χ4v) is 2.46. The van der Waals surface area contributed by atoms with Gasteiger partial charge in [0.2, 0.25) is 5.95 Å². The molecule has 0 saturated heterocycles. The molecule has 2 aromatic rings. The third-order valence-electron chi connectivity index (χ3n) is 3.41. The van der Waals surface area contributed by atoms with Crippen molar-refractivity contribution in [2.75, 3.05) is 23.3 Å². The van der Waals surface area contributed by atoms with Crippen LogP contribution in [-0.4, -0.2) is 29.2 Å². The second kappa shape index (κ2) is 9.11. The molecule has 1 aromatic carbocycles. The summed E-state index contributed by atoms with van der Waals surface area (Å²) in [5, 5.41) is 3.33. The molecule has 0 atom stereocenters. The first-order chi connectivity index (χ1) is 11.6. The van der Waals surface area contributed by atoms with Crippen molar-refractivity contribution in [1.82, 2.24) is 9.97 Å². The van der Waals surface area contributed by atoms with Crippen LogP contribution < -0.4 is 15.0 Å². The second-order valence-corrected chi connectivity index (χ2v) is 6.04. The number of hydrogen-bond donors (Lipinski definition) is 1. The average Bonchev–Trinajstić information content (AvgIpc) is 2.56. The average molecular weight is 328 g/mol. The number of rotatable bonds is 9. The van der Waals surface area contributed by atoms with E-state index in [-0.39, 0.29) is 6.10 Å². The molecule has 0 amide bonds. The summed E-state index contributed by atoms with van der Waals surface area (Å²) in [6.07, 6.45) is 4.15. The topological polar surface area (TPSA) is 50.3 Å². The first kappa shape index (κ1) is 18.0. The maximum Gasteiger partial charge on any atom is 0.227 e. The van der Waals surface area contributed by atoms with Gasteiger partial charge in [-0.25, -0.2) is 4.98 Å². The summed E-state index contributed by atoms with van der Waals surface area (Å²) < 4.78 is 5.66. The van der Waals surface area contributed by atoms with Gasteiger partial charge in [0.25, 0.3) is 0 Å². The standard InChI is InChI=1S/C19H28N4O/c1-5-13-23(14-6-2)19-20-12-11-18(22-19)21-16-7-9-17(10-8-16)24-15(3)4/h7-12,15H,5-6,13-14H2,1-4H3,(H,20,21,22). The molecular formula is C19H28N4O. The smallest absolute Gasteiger partial charge is 0.227 e. The number of hydrogen-bond acceptors (Lipinski definition) is 5. The molecule has 0 radical (unpaired) electrons. The zero-order valence-corrected chi connectivity index (χ0v) is 15.1. The molecule has 130 valence electrons. The number of benzene rings is 1. The molecule has 2 rings (SSSR count). The molecule has 1 N–H and O–H groups in total. The lowest BCUT2D eigenvalue weighted by Crippen LogP contribution is -2.26. The van der Waals surface area contributed by atoms with E-state index < -0.39 is 0 Å². The number of aromatic nitrogens is 2. The fraction of sp³-hybridized carbons (Fsp3) is 0.474. The van der Waals surface area contributed by atoms with Crippen molar-refractivity contribution < 1.29 is 4.74 Å². The van der Waals surface area contributed by atoms with Gasteiger partial charge in [-0.1, -0.05) is 13.8 Å². The summed E-state index contributed by atoms with van der Waals surface area (Å²) >= 11 is 0. The molecule has 0 spiro atoms. The van der Waals surface area contributed by atoms with Crippen LogP contribution in [0.15, 0.2) is 36.5 Å². The van der Waals surface area contributed by atoms with E-state index in [0.717, 1.165) is 49.1 Å². The first-order valence-electron chi connectivity index (χ1n) is 8.74. The SMILES string of the molecule is CCCN(CCC)c1nccc(Nc2ccc(OC(C)C)cc2)n1. The summed E-state index contributed by atoms with van der Waals surface area (Å²) in [5.74, 6) is 2.45. The van der Waals surface area contributed by atoms with Gasteiger partial charge in [-0.05, 0) is 57.0 Å². The molecule has 24 heavy (non-hydrogen) atoms. The maximum absolute atomic E-state index is 5.66. The molecule has 0 unspecified atom stereocenters. The summed E-state index contributed by atoms with van der Waals surface area (Å²) in [7, 11) is 0. The zero-order chi connectivity index (χ0) is 17.4. The van der Waals surface area contributed by atoms with Gasteiger partial charge in [0.15, 0.2) is 0 Å². The van der Waals surface area contributed by atoms with Crippen LogP contribution in [-0.2, 0) is 0 Å². The van der Waals surface area contributed by atoms with E-state index in [2.05, 4.69) is 34.0 Å². The van der Waals surface area contributed by atoms with Crippen LogP contribution in [0.2, 0.25) is 0 Å². The molecule has 1 heterocycles. The zero-order valence-electron chi connectivity index (χ0n) is 15.1. The minimum Gasteiger partial charge on any atom is -0.491 e. The quantitative estimate of drug-likeness (QED) is 0.727. The summed E-state index contributed by atoms with van der Waals surface area (Å²) in [4.78, 5) is 11.3. The highest BCUT2D eigenvalue weighted by molar-refractivity contribution is 5.58. The van der Waals surface area contributed by atoms with Gasteiger partial charge in [-0.3, -0.25) is 0 Å². The highest BCUT2D eigenvalue weighted by Gasteiger charge is 2.08. The van der Waals surface area contributed by atoms with E-state index in [1.54, 1.807) is 6.20 Å². The van der Waals surface area contributed by atoms with E-state index in [4.69, 9.17) is 4.74 Å². The van der Waals surface area contributed by atoms with Crippen molar-refractivity contribution in [3.05, 3.63) is 36.5 Å². The summed E-state index contributed by atoms with van der Waals surface area (Å²) in [5.41, 5.74) is 0.980. The van der Waals surface area contributed by atoms with Gasteiger partial charge in [0.05, 0.1) is 6.10 Å². The van der Waals surface area contributed by atoms with E-state index in [1.807, 2.05) is 44.2 Å². The largest absolute Gasteiger partial charge is 0.491 e. The Labute approximate surface area is 145 Å². The Morgan fingerprint density at radius 1 is 1.04 bits per heavy atom. The van der Waals surface area contributed by atoms with Gasteiger partial charge < -0.3 is 15.0 Å². The minimum absolute atomic E-state index is 0.177. The van der Waals surface area contributed by atoms with Crippen molar-refractivity contribution in [2.24, 2.45) is 0 Å². The third kappa shape index (κ3) is 5.41. The number of ether oxygens (including phenoxy) is 1. The normalized spacial score (nSPS) is 10.7. The van der Waals surface area contributed by atoms with Gasteiger partial charge in [0.1, 0.15) is 11.6 Å². The summed E-state index contributed by atoms with van der Waals surface area (Å²) in [6.45, 7) is 10.3. The highest BCUT2D eigenvalue weighted by Crippen LogP contribution is 2.21. The Kier molecular flexibility index (Phi) is 6.85. The van der Waals surface area contributed by atoms with Crippen LogP contribution in [0, 0.1) is 0 Å².